The summed E-state index contributed by atoms with van der Waals surface area (Å²) in [5.74, 6) is 0.710. The number of nitrogens with zero attached hydrogens (tertiary/aromatic N) is 1. The van der Waals surface area contributed by atoms with Gasteiger partial charge in [0.15, 0.2) is 0 Å². The average Bonchev–Trinajstić information content (AvgIpc) is 2.89. The van der Waals surface area contributed by atoms with Crippen molar-refractivity contribution in [2.24, 2.45) is 5.92 Å². The van der Waals surface area contributed by atoms with Crippen LogP contribution in [0.25, 0.3) is 0 Å². The summed E-state index contributed by atoms with van der Waals surface area (Å²) >= 11 is 0. The van der Waals surface area contributed by atoms with E-state index in [9.17, 15) is 4.79 Å². The van der Waals surface area contributed by atoms with Gasteiger partial charge in [-0.1, -0.05) is 12.8 Å². The lowest BCUT2D eigenvalue weighted by molar-refractivity contribution is 0.200. The number of amides is 2. The van der Waals surface area contributed by atoms with Crippen LogP contribution in [0.4, 0.5) is 4.79 Å². The SMILES string of the molecule is CNC(C)(C)CN1CC(C2CCCC2)NC1=O. The Kier molecular flexibility index (Phi) is 3.61. The maximum Gasteiger partial charge on any atom is 0.317 e. The van der Waals surface area contributed by atoms with Crippen molar-refractivity contribution in [3.63, 3.8) is 0 Å². The van der Waals surface area contributed by atoms with Gasteiger partial charge in [0, 0.05) is 18.6 Å². The summed E-state index contributed by atoms with van der Waals surface area (Å²) in [7, 11) is 1.95. The molecule has 1 saturated carbocycles. The van der Waals surface area contributed by atoms with Crippen LogP contribution in [0.1, 0.15) is 39.5 Å². The molecule has 0 aromatic carbocycles. The molecule has 1 atom stereocenters. The van der Waals surface area contributed by atoms with Crippen molar-refractivity contribution in [3.8, 4) is 0 Å². The van der Waals surface area contributed by atoms with Crippen LogP contribution in [-0.2, 0) is 0 Å². The molecule has 2 fully saturated rings. The molecule has 1 unspecified atom stereocenters. The van der Waals surface area contributed by atoms with Gasteiger partial charge in [-0.15, -0.1) is 0 Å². The van der Waals surface area contributed by atoms with E-state index in [1.807, 2.05) is 11.9 Å². The monoisotopic (exact) mass is 239 g/mol. The van der Waals surface area contributed by atoms with Crippen LogP contribution in [0.3, 0.4) is 0 Å². The maximum atomic E-state index is 11.9. The molecular weight excluding hydrogens is 214 g/mol. The fourth-order valence-electron chi connectivity index (χ4n) is 2.94. The Morgan fingerprint density at radius 3 is 2.65 bits per heavy atom. The third-order valence-corrected chi connectivity index (χ3v) is 4.24. The molecular formula is C13H25N3O. The Bertz CT molecular complexity index is 284. The molecule has 1 aliphatic carbocycles. The van der Waals surface area contributed by atoms with Gasteiger partial charge >= 0.3 is 6.03 Å². The Morgan fingerprint density at radius 1 is 1.41 bits per heavy atom. The zero-order valence-corrected chi connectivity index (χ0v) is 11.3. The molecule has 0 aromatic rings. The van der Waals surface area contributed by atoms with E-state index in [0.29, 0.717) is 12.0 Å². The first-order chi connectivity index (χ1) is 8.02. The number of nitrogens with one attached hydrogen (secondary N) is 2. The molecule has 4 heteroatoms. The fourth-order valence-corrected chi connectivity index (χ4v) is 2.94. The molecule has 2 amide bonds. The van der Waals surface area contributed by atoms with Gasteiger partial charge in [-0.2, -0.15) is 0 Å². The molecule has 0 spiro atoms. The Hall–Kier alpha value is -0.770. The van der Waals surface area contributed by atoms with E-state index >= 15 is 0 Å². The largest absolute Gasteiger partial charge is 0.333 e. The van der Waals surface area contributed by atoms with Gasteiger partial charge in [0.05, 0.1) is 6.04 Å². The molecule has 1 aliphatic heterocycles. The van der Waals surface area contributed by atoms with Crippen LogP contribution in [0, 0.1) is 5.92 Å². The summed E-state index contributed by atoms with van der Waals surface area (Å²) in [4.78, 5) is 13.9. The molecule has 2 N–H and O–H groups in total. The highest BCUT2D eigenvalue weighted by molar-refractivity contribution is 5.77. The van der Waals surface area contributed by atoms with Gasteiger partial charge in [-0.25, -0.2) is 4.79 Å². The van der Waals surface area contributed by atoms with E-state index in [2.05, 4.69) is 24.5 Å². The van der Waals surface area contributed by atoms with Crippen LogP contribution in [0.2, 0.25) is 0 Å². The first kappa shape index (κ1) is 12.7. The first-order valence-corrected chi connectivity index (χ1v) is 6.76. The number of urea groups is 1. The Labute approximate surface area is 104 Å². The quantitative estimate of drug-likeness (QED) is 0.782. The number of carbonyl (C=O) groups is 1. The Morgan fingerprint density at radius 2 is 2.06 bits per heavy atom. The molecule has 0 aromatic heterocycles. The van der Waals surface area contributed by atoms with Crippen molar-refractivity contribution in [2.45, 2.75) is 51.1 Å². The second-order valence-electron chi connectivity index (χ2n) is 6.11. The highest BCUT2D eigenvalue weighted by Gasteiger charge is 2.37. The fraction of sp³-hybridized carbons (Fsp3) is 0.923. The summed E-state index contributed by atoms with van der Waals surface area (Å²) in [6.45, 7) is 5.92. The topological polar surface area (TPSA) is 44.4 Å². The summed E-state index contributed by atoms with van der Waals surface area (Å²) in [6, 6.07) is 0.503. The van der Waals surface area contributed by atoms with E-state index < -0.39 is 0 Å². The van der Waals surface area contributed by atoms with Gasteiger partial charge in [0.25, 0.3) is 0 Å². The molecule has 1 heterocycles. The minimum absolute atomic E-state index is 0.0120. The van der Waals surface area contributed by atoms with E-state index in [0.717, 1.165) is 13.1 Å². The summed E-state index contributed by atoms with van der Waals surface area (Å²) in [5, 5.41) is 6.40. The number of carbonyl (C=O) groups excluding carboxylic acids is 1. The van der Waals surface area contributed by atoms with Gasteiger partial charge in [-0.05, 0) is 39.7 Å². The van der Waals surface area contributed by atoms with Crippen LogP contribution in [-0.4, -0.2) is 42.6 Å². The van der Waals surface area contributed by atoms with E-state index in [4.69, 9.17) is 0 Å². The lowest BCUT2D eigenvalue weighted by Crippen LogP contribution is -2.48. The molecule has 0 bridgehead atoms. The number of likely N-dealkylation sites (N-methyl/N-ethyl adjacent to an activating group) is 1. The van der Waals surface area contributed by atoms with Crippen molar-refractivity contribution in [2.75, 3.05) is 20.1 Å². The highest BCUT2D eigenvalue weighted by atomic mass is 16.2. The second kappa shape index (κ2) is 4.84. The molecule has 98 valence electrons. The van der Waals surface area contributed by atoms with E-state index in [-0.39, 0.29) is 11.6 Å². The van der Waals surface area contributed by atoms with Crippen molar-refractivity contribution in [1.29, 1.82) is 0 Å². The highest BCUT2D eigenvalue weighted by Crippen LogP contribution is 2.30. The van der Waals surface area contributed by atoms with Gasteiger partial charge in [-0.3, -0.25) is 0 Å². The average molecular weight is 239 g/mol. The molecule has 2 rings (SSSR count). The summed E-state index contributed by atoms with van der Waals surface area (Å²) in [6.07, 6.45) is 5.24. The lowest BCUT2D eigenvalue weighted by atomic mass is 9.98. The standard InChI is InChI=1S/C13H25N3O/c1-13(2,14-3)9-16-8-11(15-12(16)17)10-6-4-5-7-10/h10-11,14H,4-9H2,1-3H3,(H,15,17). The molecule has 17 heavy (non-hydrogen) atoms. The molecule has 1 saturated heterocycles. The maximum absolute atomic E-state index is 11.9. The van der Waals surface area contributed by atoms with Crippen molar-refractivity contribution >= 4 is 6.03 Å². The van der Waals surface area contributed by atoms with E-state index in [1.54, 1.807) is 0 Å². The van der Waals surface area contributed by atoms with Crippen LogP contribution in [0.5, 0.6) is 0 Å². The smallest absolute Gasteiger partial charge is 0.317 e. The van der Waals surface area contributed by atoms with Crippen molar-refractivity contribution in [1.82, 2.24) is 15.5 Å². The number of rotatable bonds is 4. The number of hydrogen-bond donors (Lipinski definition) is 2. The van der Waals surface area contributed by atoms with Gasteiger partial charge in [0.2, 0.25) is 0 Å². The van der Waals surface area contributed by atoms with Gasteiger partial charge in [0.1, 0.15) is 0 Å². The zero-order valence-electron chi connectivity index (χ0n) is 11.3. The van der Waals surface area contributed by atoms with E-state index in [1.165, 1.54) is 25.7 Å². The second-order valence-corrected chi connectivity index (χ2v) is 6.11. The van der Waals surface area contributed by atoms with Crippen LogP contribution < -0.4 is 10.6 Å². The zero-order chi connectivity index (χ0) is 12.5. The first-order valence-electron chi connectivity index (χ1n) is 6.76. The molecule has 2 aliphatic rings. The predicted octanol–water partition coefficient (Wildman–Crippen LogP) is 1.57. The lowest BCUT2D eigenvalue weighted by Gasteiger charge is -2.29. The Balaban J connectivity index is 1.90. The van der Waals surface area contributed by atoms with Crippen LogP contribution in [0.15, 0.2) is 0 Å². The predicted molar refractivity (Wildman–Crippen MR) is 69.0 cm³/mol. The normalized spacial score (nSPS) is 26.6. The van der Waals surface area contributed by atoms with Crippen LogP contribution >= 0.6 is 0 Å². The summed E-state index contributed by atoms with van der Waals surface area (Å²) < 4.78 is 0. The third kappa shape index (κ3) is 2.92. The molecule has 4 nitrogen and oxygen atoms in total. The minimum Gasteiger partial charge on any atom is -0.333 e. The van der Waals surface area contributed by atoms with Gasteiger partial charge < -0.3 is 15.5 Å². The van der Waals surface area contributed by atoms with Crippen molar-refractivity contribution in [3.05, 3.63) is 0 Å². The summed E-state index contributed by atoms with van der Waals surface area (Å²) in [5.41, 5.74) is -0.0120. The van der Waals surface area contributed by atoms with Crippen molar-refractivity contribution < 1.29 is 4.79 Å². The molecule has 0 radical (unpaired) electrons. The third-order valence-electron chi connectivity index (χ3n) is 4.24. The number of hydrogen-bond acceptors (Lipinski definition) is 2. The minimum atomic E-state index is -0.0120.